The third-order valence-corrected chi connectivity index (χ3v) is 5.84. The Labute approximate surface area is 181 Å². The van der Waals surface area contributed by atoms with Gasteiger partial charge in [-0.1, -0.05) is 42.5 Å². The molecule has 5 aromatic rings. The fourth-order valence-corrected chi connectivity index (χ4v) is 4.20. The molecule has 0 fully saturated rings. The minimum Gasteiger partial charge on any atom is -0.508 e. The molecule has 0 aliphatic rings. The Morgan fingerprint density at radius 2 is 1.77 bits per heavy atom. The van der Waals surface area contributed by atoms with Gasteiger partial charge in [-0.15, -0.1) is 0 Å². The van der Waals surface area contributed by atoms with Gasteiger partial charge in [0.05, 0.1) is 0 Å². The molecular formula is C27H25N3O. The summed E-state index contributed by atoms with van der Waals surface area (Å²) in [6.07, 6.45) is 7.83. The highest BCUT2D eigenvalue weighted by atomic mass is 16.3. The number of fused-ring (bicyclic) bond motifs is 2. The number of benzene rings is 3. The van der Waals surface area contributed by atoms with Crippen LogP contribution < -0.4 is 5.32 Å². The maximum atomic E-state index is 9.93. The lowest BCUT2D eigenvalue weighted by atomic mass is 10.0. The number of aromatic amines is 2. The molecule has 154 valence electrons. The lowest BCUT2D eigenvalue weighted by Crippen LogP contribution is -1.94. The van der Waals surface area contributed by atoms with Crippen LogP contribution in [0.15, 0.2) is 85.2 Å². The normalized spacial score (nSPS) is 11.6. The molecule has 3 aromatic carbocycles. The molecule has 0 bridgehead atoms. The minimum absolute atomic E-state index is 0.287. The Bertz CT molecular complexity index is 1390. The number of phenols is 1. The molecule has 0 unspecified atom stereocenters. The fraction of sp³-hybridized carbons (Fsp3) is 0.111. The number of aromatic hydroxyl groups is 1. The average molecular weight is 408 g/mol. The molecule has 2 aromatic heterocycles. The summed E-state index contributed by atoms with van der Waals surface area (Å²) in [6, 6.07) is 22.2. The number of para-hydroxylation sites is 2. The first-order valence-corrected chi connectivity index (χ1v) is 10.5. The highest BCUT2D eigenvalue weighted by Crippen LogP contribution is 2.29. The summed E-state index contributed by atoms with van der Waals surface area (Å²) in [4.78, 5) is 6.93. The topological polar surface area (TPSA) is 63.8 Å². The second-order valence-electron chi connectivity index (χ2n) is 7.91. The van der Waals surface area contributed by atoms with Crippen molar-refractivity contribution in [3.63, 3.8) is 0 Å². The van der Waals surface area contributed by atoms with Crippen molar-refractivity contribution in [2.24, 2.45) is 0 Å². The average Bonchev–Trinajstić information content (AvgIpc) is 3.33. The fourth-order valence-electron chi connectivity index (χ4n) is 4.20. The lowest BCUT2D eigenvalue weighted by Gasteiger charge is -2.05. The van der Waals surface area contributed by atoms with Gasteiger partial charge >= 0.3 is 0 Å². The molecule has 4 heteroatoms. The van der Waals surface area contributed by atoms with Gasteiger partial charge in [-0.3, -0.25) is 0 Å². The molecular weight excluding hydrogens is 382 g/mol. The van der Waals surface area contributed by atoms with E-state index in [0.717, 1.165) is 34.9 Å². The van der Waals surface area contributed by atoms with Gasteiger partial charge in [0, 0.05) is 45.8 Å². The summed E-state index contributed by atoms with van der Waals surface area (Å²) in [7, 11) is 0. The van der Waals surface area contributed by atoms with Crippen molar-refractivity contribution in [1.29, 1.82) is 0 Å². The molecule has 4 N–H and O–H groups in total. The molecule has 4 nitrogen and oxygen atoms in total. The van der Waals surface area contributed by atoms with E-state index in [9.17, 15) is 5.11 Å². The predicted molar refractivity (Wildman–Crippen MR) is 129 cm³/mol. The van der Waals surface area contributed by atoms with Crippen LogP contribution in [0.2, 0.25) is 0 Å². The van der Waals surface area contributed by atoms with Crippen molar-refractivity contribution in [3.05, 3.63) is 108 Å². The van der Waals surface area contributed by atoms with E-state index in [2.05, 4.69) is 64.7 Å². The number of allylic oxidation sites excluding steroid dienone is 1. The maximum absolute atomic E-state index is 9.93. The van der Waals surface area contributed by atoms with Gasteiger partial charge in [0.1, 0.15) is 5.75 Å². The van der Waals surface area contributed by atoms with Crippen LogP contribution in [0.25, 0.3) is 21.8 Å². The maximum Gasteiger partial charge on any atom is 0.116 e. The quantitative estimate of drug-likeness (QED) is 0.262. The number of anilines is 1. The molecule has 5 rings (SSSR count). The Kier molecular flexibility index (Phi) is 4.97. The molecule has 0 aliphatic heterocycles. The molecule has 0 radical (unpaired) electrons. The van der Waals surface area contributed by atoms with Crippen molar-refractivity contribution >= 4 is 27.5 Å². The van der Waals surface area contributed by atoms with Gasteiger partial charge in [-0.05, 0) is 66.6 Å². The largest absolute Gasteiger partial charge is 0.508 e. The SMILES string of the molecule is Cc1ccccc1N/C=C/Cc1c(Cc2c[nH]c3ccc(O)cc23)[nH]c2ccccc12. The van der Waals surface area contributed by atoms with E-state index < -0.39 is 0 Å². The smallest absolute Gasteiger partial charge is 0.116 e. The van der Waals surface area contributed by atoms with Gasteiger partial charge in [0.25, 0.3) is 0 Å². The summed E-state index contributed by atoms with van der Waals surface area (Å²) in [5.41, 5.74) is 8.20. The molecule has 0 atom stereocenters. The Morgan fingerprint density at radius 3 is 2.68 bits per heavy atom. The van der Waals surface area contributed by atoms with E-state index in [4.69, 9.17) is 0 Å². The van der Waals surface area contributed by atoms with Gasteiger partial charge < -0.3 is 20.4 Å². The summed E-state index contributed by atoms with van der Waals surface area (Å²) in [5.74, 6) is 0.287. The predicted octanol–water partition coefficient (Wildman–Crippen LogP) is 6.42. The first-order chi connectivity index (χ1) is 15.2. The zero-order valence-electron chi connectivity index (χ0n) is 17.4. The van der Waals surface area contributed by atoms with Gasteiger partial charge in [-0.2, -0.15) is 0 Å². The third-order valence-electron chi connectivity index (χ3n) is 5.84. The zero-order valence-corrected chi connectivity index (χ0v) is 17.4. The molecule has 0 spiro atoms. The van der Waals surface area contributed by atoms with E-state index in [1.165, 1.54) is 27.8 Å². The number of rotatable bonds is 6. The number of aromatic nitrogens is 2. The van der Waals surface area contributed by atoms with E-state index in [-0.39, 0.29) is 5.75 Å². The van der Waals surface area contributed by atoms with Gasteiger partial charge in [0.15, 0.2) is 0 Å². The summed E-state index contributed by atoms with van der Waals surface area (Å²) < 4.78 is 0. The number of nitrogens with one attached hydrogen (secondary N) is 3. The zero-order chi connectivity index (χ0) is 21.2. The molecule has 0 amide bonds. The first-order valence-electron chi connectivity index (χ1n) is 10.5. The Morgan fingerprint density at radius 1 is 0.935 bits per heavy atom. The van der Waals surface area contributed by atoms with Crippen LogP contribution in [0.5, 0.6) is 5.75 Å². The second kappa shape index (κ2) is 8.07. The van der Waals surface area contributed by atoms with Crippen molar-refractivity contribution in [2.75, 3.05) is 5.32 Å². The van der Waals surface area contributed by atoms with Crippen molar-refractivity contribution < 1.29 is 5.11 Å². The van der Waals surface area contributed by atoms with Gasteiger partial charge in [-0.25, -0.2) is 0 Å². The Hall–Kier alpha value is -3.92. The van der Waals surface area contributed by atoms with E-state index in [1.54, 1.807) is 6.07 Å². The number of H-pyrrole nitrogens is 2. The monoisotopic (exact) mass is 407 g/mol. The molecule has 0 saturated heterocycles. The van der Waals surface area contributed by atoms with Crippen LogP contribution in [0, 0.1) is 6.92 Å². The number of phenolic OH excluding ortho intramolecular Hbond substituents is 1. The highest BCUT2D eigenvalue weighted by Gasteiger charge is 2.13. The number of hydrogen-bond donors (Lipinski definition) is 4. The van der Waals surface area contributed by atoms with Crippen LogP contribution in [-0.4, -0.2) is 15.1 Å². The second-order valence-corrected chi connectivity index (χ2v) is 7.91. The summed E-state index contributed by atoms with van der Waals surface area (Å²) in [5, 5.41) is 15.6. The Balaban J connectivity index is 1.44. The van der Waals surface area contributed by atoms with Crippen LogP contribution >= 0.6 is 0 Å². The molecule has 2 heterocycles. The van der Waals surface area contributed by atoms with Crippen LogP contribution in [0.1, 0.15) is 22.4 Å². The summed E-state index contributed by atoms with van der Waals surface area (Å²) >= 11 is 0. The molecule has 0 aliphatic carbocycles. The van der Waals surface area contributed by atoms with E-state index in [0.29, 0.717) is 0 Å². The molecule has 0 saturated carbocycles. The summed E-state index contributed by atoms with van der Waals surface area (Å²) in [6.45, 7) is 2.10. The van der Waals surface area contributed by atoms with Crippen LogP contribution in [0.4, 0.5) is 5.69 Å². The van der Waals surface area contributed by atoms with Crippen molar-refractivity contribution in [2.45, 2.75) is 19.8 Å². The van der Waals surface area contributed by atoms with Gasteiger partial charge in [0.2, 0.25) is 0 Å². The first kappa shape index (κ1) is 19.1. The highest BCUT2D eigenvalue weighted by molar-refractivity contribution is 5.87. The third kappa shape index (κ3) is 3.80. The van der Waals surface area contributed by atoms with Crippen LogP contribution in [0.3, 0.4) is 0 Å². The lowest BCUT2D eigenvalue weighted by molar-refractivity contribution is 0.476. The standard InChI is InChI=1S/C27H25N3O/c1-18-7-2-4-10-24(18)28-14-6-9-22-21-8-3-5-11-26(21)30-27(22)15-19-17-29-25-13-12-20(31)16-23(19)25/h2-8,10-14,16-17,28-31H,9,15H2,1H3/b14-6+. The van der Waals surface area contributed by atoms with Crippen molar-refractivity contribution in [3.8, 4) is 5.75 Å². The van der Waals surface area contributed by atoms with Crippen LogP contribution in [-0.2, 0) is 12.8 Å². The minimum atomic E-state index is 0.287. The molecule has 31 heavy (non-hydrogen) atoms. The van der Waals surface area contributed by atoms with Crippen molar-refractivity contribution in [1.82, 2.24) is 9.97 Å². The number of aryl methyl sites for hydroxylation is 1. The number of hydrogen-bond acceptors (Lipinski definition) is 2. The van der Waals surface area contributed by atoms with E-state index >= 15 is 0 Å². The van der Waals surface area contributed by atoms with E-state index in [1.807, 2.05) is 36.7 Å².